The molecule has 60 valence electrons. The third-order valence-corrected chi connectivity index (χ3v) is 1.73. The highest BCUT2D eigenvalue weighted by Gasteiger charge is 2.16. The normalized spacial score (nSPS) is 12.9. The zero-order valence-electron chi connectivity index (χ0n) is 6.50. The van der Waals surface area contributed by atoms with Gasteiger partial charge in [0.05, 0.1) is 18.4 Å². The van der Waals surface area contributed by atoms with Crippen LogP contribution in [0, 0.1) is 6.92 Å². The number of hydrogen-bond donors (Lipinski definition) is 1. The topological polar surface area (TPSA) is 50.4 Å². The molecule has 1 atom stereocenters. The van der Waals surface area contributed by atoms with Crippen molar-refractivity contribution in [3.8, 4) is 0 Å². The van der Waals surface area contributed by atoms with Crippen LogP contribution in [0.25, 0.3) is 0 Å². The molecule has 0 amide bonds. The molecule has 1 aromatic heterocycles. The number of rotatable bonds is 2. The Bertz CT molecular complexity index is 262. The van der Waals surface area contributed by atoms with Gasteiger partial charge >= 0.3 is 5.97 Å². The molecule has 11 heavy (non-hydrogen) atoms. The fraction of sp³-hybridized carbons (Fsp3) is 0.375. The molecule has 0 fully saturated rings. The summed E-state index contributed by atoms with van der Waals surface area (Å²) < 4.78 is 4.85. The van der Waals surface area contributed by atoms with Gasteiger partial charge < -0.3 is 9.52 Å². The van der Waals surface area contributed by atoms with Crippen molar-refractivity contribution in [3.63, 3.8) is 0 Å². The lowest BCUT2D eigenvalue weighted by molar-refractivity contribution is -0.138. The monoisotopic (exact) mass is 154 g/mol. The van der Waals surface area contributed by atoms with Crippen LogP contribution in [0.3, 0.4) is 0 Å². The third-order valence-electron chi connectivity index (χ3n) is 1.73. The van der Waals surface area contributed by atoms with Crippen LogP contribution < -0.4 is 0 Å². The summed E-state index contributed by atoms with van der Waals surface area (Å²) in [6.07, 6.45) is 3.03. The number of furan rings is 1. The van der Waals surface area contributed by atoms with Crippen LogP contribution in [0.4, 0.5) is 0 Å². The van der Waals surface area contributed by atoms with Crippen LogP contribution in [0.1, 0.15) is 24.0 Å². The predicted molar refractivity (Wildman–Crippen MR) is 39.5 cm³/mol. The van der Waals surface area contributed by atoms with Gasteiger partial charge in [0, 0.05) is 5.56 Å². The minimum Gasteiger partial charge on any atom is -0.481 e. The summed E-state index contributed by atoms with van der Waals surface area (Å²) >= 11 is 0. The average Bonchev–Trinajstić information content (AvgIpc) is 2.33. The van der Waals surface area contributed by atoms with E-state index >= 15 is 0 Å². The average molecular weight is 154 g/mol. The van der Waals surface area contributed by atoms with Crippen molar-refractivity contribution in [2.75, 3.05) is 0 Å². The molecule has 0 spiro atoms. The molecule has 0 bridgehead atoms. The number of carboxylic acid groups (broad SMARTS) is 1. The maximum atomic E-state index is 10.5. The van der Waals surface area contributed by atoms with Crippen LogP contribution in [-0.2, 0) is 4.79 Å². The molecule has 0 saturated carbocycles. The Kier molecular flexibility index (Phi) is 1.98. The van der Waals surface area contributed by atoms with E-state index in [9.17, 15) is 4.79 Å². The Balaban J connectivity index is 2.92. The first-order valence-electron chi connectivity index (χ1n) is 3.38. The van der Waals surface area contributed by atoms with Crippen LogP contribution in [0.2, 0.25) is 0 Å². The number of carbonyl (C=O) groups is 1. The van der Waals surface area contributed by atoms with E-state index in [0.29, 0.717) is 0 Å². The maximum absolute atomic E-state index is 10.5. The Morgan fingerprint density at radius 3 is 2.64 bits per heavy atom. The highest BCUT2D eigenvalue weighted by molar-refractivity contribution is 5.75. The second-order valence-corrected chi connectivity index (χ2v) is 2.57. The number of carboxylic acids is 1. The van der Waals surface area contributed by atoms with Gasteiger partial charge in [0.15, 0.2) is 0 Å². The molecular weight excluding hydrogens is 144 g/mol. The van der Waals surface area contributed by atoms with Gasteiger partial charge in [-0.05, 0) is 19.4 Å². The smallest absolute Gasteiger partial charge is 0.310 e. The van der Waals surface area contributed by atoms with Crippen LogP contribution in [0.5, 0.6) is 0 Å². The molecular formula is C8H10O3. The second kappa shape index (κ2) is 2.78. The van der Waals surface area contributed by atoms with E-state index in [1.165, 1.54) is 6.26 Å². The second-order valence-electron chi connectivity index (χ2n) is 2.57. The summed E-state index contributed by atoms with van der Waals surface area (Å²) in [4.78, 5) is 10.5. The lowest BCUT2D eigenvalue weighted by Gasteiger charge is -2.02. The molecule has 1 heterocycles. The standard InChI is InChI=1S/C8H10O3/c1-5-3-11-4-7(5)6(2)8(9)10/h3-4,6H,1-2H3,(H,9,10). The van der Waals surface area contributed by atoms with Crippen molar-refractivity contribution in [1.82, 2.24) is 0 Å². The molecule has 0 radical (unpaired) electrons. The molecule has 3 nitrogen and oxygen atoms in total. The van der Waals surface area contributed by atoms with E-state index in [4.69, 9.17) is 9.52 Å². The lowest BCUT2D eigenvalue weighted by atomic mass is 10.0. The lowest BCUT2D eigenvalue weighted by Crippen LogP contribution is -2.07. The van der Waals surface area contributed by atoms with Gasteiger partial charge in [0.25, 0.3) is 0 Å². The van der Waals surface area contributed by atoms with E-state index < -0.39 is 11.9 Å². The van der Waals surface area contributed by atoms with Crippen LogP contribution in [0.15, 0.2) is 16.9 Å². The Morgan fingerprint density at radius 2 is 2.27 bits per heavy atom. The summed E-state index contributed by atoms with van der Waals surface area (Å²) in [5.74, 6) is -1.30. The zero-order valence-corrected chi connectivity index (χ0v) is 6.50. The molecule has 0 aromatic carbocycles. The first-order chi connectivity index (χ1) is 5.13. The number of hydrogen-bond acceptors (Lipinski definition) is 2. The fourth-order valence-electron chi connectivity index (χ4n) is 0.947. The molecule has 1 N–H and O–H groups in total. The molecule has 1 aromatic rings. The molecule has 1 unspecified atom stereocenters. The van der Waals surface area contributed by atoms with Crippen molar-refractivity contribution in [2.45, 2.75) is 19.8 Å². The third kappa shape index (κ3) is 1.42. The first kappa shape index (κ1) is 7.85. The zero-order chi connectivity index (χ0) is 8.43. The van der Waals surface area contributed by atoms with Crippen molar-refractivity contribution in [3.05, 3.63) is 23.7 Å². The highest BCUT2D eigenvalue weighted by Crippen LogP contribution is 2.19. The molecule has 0 saturated heterocycles. The Morgan fingerprint density at radius 1 is 1.64 bits per heavy atom. The Labute approximate surface area is 64.6 Å². The largest absolute Gasteiger partial charge is 0.481 e. The summed E-state index contributed by atoms with van der Waals surface area (Å²) in [5, 5.41) is 8.64. The van der Waals surface area contributed by atoms with Crippen molar-refractivity contribution in [2.24, 2.45) is 0 Å². The molecule has 0 aliphatic carbocycles. The SMILES string of the molecule is Cc1cocc1C(C)C(=O)O. The first-order valence-corrected chi connectivity index (χ1v) is 3.38. The summed E-state index contributed by atoms with van der Waals surface area (Å²) in [6, 6.07) is 0. The van der Waals surface area contributed by atoms with E-state index in [1.807, 2.05) is 6.92 Å². The van der Waals surface area contributed by atoms with Crippen molar-refractivity contribution < 1.29 is 14.3 Å². The van der Waals surface area contributed by atoms with E-state index in [2.05, 4.69) is 0 Å². The summed E-state index contributed by atoms with van der Waals surface area (Å²) in [5.41, 5.74) is 1.64. The van der Waals surface area contributed by atoms with Gasteiger partial charge in [0.1, 0.15) is 0 Å². The number of aliphatic carboxylic acids is 1. The van der Waals surface area contributed by atoms with Crippen LogP contribution in [-0.4, -0.2) is 11.1 Å². The minimum atomic E-state index is -0.825. The summed E-state index contributed by atoms with van der Waals surface area (Å²) in [6.45, 7) is 3.47. The van der Waals surface area contributed by atoms with E-state index in [0.717, 1.165) is 11.1 Å². The van der Waals surface area contributed by atoms with Gasteiger partial charge in [0.2, 0.25) is 0 Å². The van der Waals surface area contributed by atoms with Gasteiger partial charge in [-0.15, -0.1) is 0 Å². The van der Waals surface area contributed by atoms with Gasteiger partial charge in [-0.2, -0.15) is 0 Å². The Hall–Kier alpha value is -1.25. The van der Waals surface area contributed by atoms with Gasteiger partial charge in [-0.25, -0.2) is 0 Å². The quantitative estimate of drug-likeness (QED) is 0.706. The van der Waals surface area contributed by atoms with Gasteiger partial charge in [-0.3, -0.25) is 4.79 Å². The van der Waals surface area contributed by atoms with E-state index in [-0.39, 0.29) is 0 Å². The molecule has 0 aliphatic heterocycles. The highest BCUT2D eigenvalue weighted by atomic mass is 16.4. The predicted octanol–water partition coefficient (Wildman–Crippen LogP) is 1.78. The van der Waals surface area contributed by atoms with Crippen molar-refractivity contribution >= 4 is 5.97 Å². The van der Waals surface area contributed by atoms with Crippen molar-refractivity contribution in [1.29, 1.82) is 0 Å². The molecule has 0 aliphatic rings. The summed E-state index contributed by atoms with van der Waals surface area (Å²) in [7, 11) is 0. The fourth-order valence-corrected chi connectivity index (χ4v) is 0.947. The van der Waals surface area contributed by atoms with E-state index in [1.54, 1.807) is 13.2 Å². The maximum Gasteiger partial charge on any atom is 0.310 e. The van der Waals surface area contributed by atoms with Crippen LogP contribution >= 0.6 is 0 Å². The van der Waals surface area contributed by atoms with Gasteiger partial charge in [-0.1, -0.05) is 0 Å². The number of aryl methyl sites for hydroxylation is 1. The molecule has 1 rings (SSSR count). The minimum absolute atomic E-state index is 0.478. The molecule has 3 heteroatoms.